The first kappa shape index (κ1) is 12.8. The van der Waals surface area contributed by atoms with E-state index >= 15 is 0 Å². The number of hydrogen-bond acceptors (Lipinski definition) is 4. The summed E-state index contributed by atoms with van der Waals surface area (Å²) in [6.45, 7) is 0.121. The molecular weight excluding hydrogens is 245 g/mol. The molecule has 8 heteroatoms. The van der Waals surface area contributed by atoms with Crippen LogP contribution in [-0.2, 0) is 0 Å². The number of nitrogen functional groups attached to an aromatic ring is 1. The van der Waals surface area contributed by atoms with Crippen molar-refractivity contribution < 1.29 is 13.2 Å². The molecule has 3 N–H and O–H groups in total. The second kappa shape index (κ2) is 5.20. The quantitative estimate of drug-likeness (QED) is 0.810. The summed E-state index contributed by atoms with van der Waals surface area (Å²) in [5.74, 6) is 0.263. The highest BCUT2D eigenvalue weighted by molar-refractivity contribution is 6.32. The van der Waals surface area contributed by atoms with Gasteiger partial charge in [-0.05, 0) is 6.42 Å². The minimum Gasteiger partial charge on any atom is -0.369 e. The van der Waals surface area contributed by atoms with Crippen LogP contribution in [0.3, 0.4) is 0 Å². The molecule has 90 valence electrons. The summed E-state index contributed by atoms with van der Waals surface area (Å²) in [6, 6.07) is 0. The highest BCUT2D eigenvalue weighted by Gasteiger charge is 2.25. The van der Waals surface area contributed by atoms with Crippen LogP contribution in [0.4, 0.5) is 24.9 Å². The number of nitrogens with one attached hydrogen (secondary N) is 1. The van der Waals surface area contributed by atoms with E-state index in [2.05, 4.69) is 15.3 Å². The van der Waals surface area contributed by atoms with Gasteiger partial charge in [0.05, 0.1) is 6.20 Å². The Balaban J connectivity index is 2.40. The molecule has 0 aliphatic heterocycles. The van der Waals surface area contributed by atoms with Crippen molar-refractivity contribution in [1.29, 1.82) is 0 Å². The number of halogens is 4. The molecule has 0 aliphatic rings. The molecule has 0 radical (unpaired) electrons. The molecule has 1 heterocycles. The Kier molecular flexibility index (Phi) is 4.17. The minimum atomic E-state index is -4.14. The fourth-order valence-electron chi connectivity index (χ4n) is 1.00. The molecular formula is C8H10ClF3N4. The Labute approximate surface area is 95.0 Å². The zero-order valence-electron chi connectivity index (χ0n) is 8.18. The van der Waals surface area contributed by atoms with E-state index in [1.54, 1.807) is 0 Å². The molecule has 1 rings (SSSR count). The van der Waals surface area contributed by atoms with E-state index in [1.165, 1.54) is 6.20 Å². The van der Waals surface area contributed by atoms with E-state index < -0.39 is 12.6 Å². The molecule has 0 fully saturated rings. The van der Waals surface area contributed by atoms with Crippen molar-refractivity contribution >= 4 is 23.4 Å². The first-order valence-corrected chi connectivity index (χ1v) is 4.85. The van der Waals surface area contributed by atoms with Gasteiger partial charge in [0.1, 0.15) is 10.8 Å². The summed E-state index contributed by atoms with van der Waals surface area (Å²) in [4.78, 5) is 7.37. The predicted molar refractivity (Wildman–Crippen MR) is 55.2 cm³/mol. The van der Waals surface area contributed by atoms with E-state index in [0.717, 1.165) is 0 Å². The summed E-state index contributed by atoms with van der Waals surface area (Å²) < 4.78 is 35.5. The number of nitrogens with two attached hydrogens (primary N) is 1. The zero-order valence-corrected chi connectivity index (χ0v) is 8.94. The number of rotatable bonds is 4. The average Bonchev–Trinajstić information content (AvgIpc) is 2.16. The lowest BCUT2D eigenvalue weighted by molar-refractivity contribution is -0.134. The summed E-state index contributed by atoms with van der Waals surface area (Å²) in [6.07, 6.45) is -3.76. The molecule has 0 saturated carbocycles. The fraction of sp³-hybridized carbons (Fsp3) is 0.500. The van der Waals surface area contributed by atoms with Gasteiger partial charge >= 0.3 is 6.18 Å². The molecule has 1 aromatic rings. The molecule has 0 unspecified atom stereocenters. The maximum Gasteiger partial charge on any atom is 0.389 e. The summed E-state index contributed by atoms with van der Waals surface area (Å²) in [5.41, 5.74) is 5.30. The van der Waals surface area contributed by atoms with E-state index in [4.69, 9.17) is 17.3 Å². The first-order valence-electron chi connectivity index (χ1n) is 4.47. The highest BCUT2D eigenvalue weighted by Crippen LogP contribution is 2.22. The number of anilines is 2. The molecule has 0 spiro atoms. The Morgan fingerprint density at radius 1 is 1.44 bits per heavy atom. The topological polar surface area (TPSA) is 63.8 Å². The van der Waals surface area contributed by atoms with E-state index in [0.29, 0.717) is 0 Å². The summed E-state index contributed by atoms with van der Waals surface area (Å²) in [5, 5.41) is 2.89. The van der Waals surface area contributed by atoms with Gasteiger partial charge in [-0.25, -0.2) is 4.98 Å². The fourth-order valence-corrected chi connectivity index (χ4v) is 1.16. The van der Waals surface area contributed by atoms with Crippen molar-refractivity contribution in [2.24, 2.45) is 0 Å². The standard InChI is InChI=1S/C8H10ClF3N4/c9-5-4-15-7(13)16-6(5)14-3-1-2-8(10,11)12/h4H,1-3H2,(H3,13,14,15,16). The second-order valence-electron chi connectivity index (χ2n) is 3.07. The van der Waals surface area contributed by atoms with Gasteiger partial charge in [-0.15, -0.1) is 0 Å². The van der Waals surface area contributed by atoms with Crippen LogP contribution >= 0.6 is 11.6 Å². The third-order valence-corrected chi connectivity index (χ3v) is 1.97. The van der Waals surface area contributed by atoms with Crippen molar-refractivity contribution in [2.45, 2.75) is 19.0 Å². The average molecular weight is 255 g/mol. The highest BCUT2D eigenvalue weighted by atomic mass is 35.5. The smallest absolute Gasteiger partial charge is 0.369 e. The van der Waals surface area contributed by atoms with Gasteiger partial charge < -0.3 is 11.1 Å². The lowest BCUT2D eigenvalue weighted by Gasteiger charge is -2.08. The van der Waals surface area contributed by atoms with Crippen molar-refractivity contribution in [3.8, 4) is 0 Å². The predicted octanol–water partition coefficient (Wildman–Crippen LogP) is 2.47. The van der Waals surface area contributed by atoms with Gasteiger partial charge in [-0.2, -0.15) is 18.2 Å². The summed E-state index contributed by atoms with van der Waals surface area (Å²) in [7, 11) is 0. The van der Waals surface area contributed by atoms with E-state index in [1.807, 2.05) is 0 Å². The maximum absolute atomic E-state index is 11.8. The van der Waals surface area contributed by atoms with Crippen LogP contribution in [0, 0.1) is 0 Å². The van der Waals surface area contributed by atoms with E-state index in [9.17, 15) is 13.2 Å². The number of alkyl halides is 3. The molecule has 4 nitrogen and oxygen atoms in total. The van der Waals surface area contributed by atoms with Gasteiger partial charge in [-0.1, -0.05) is 11.6 Å². The van der Waals surface area contributed by atoms with Crippen LogP contribution in [0.15, 0.2) is 6.20 Å². The third kappa shape index (κ3) is 4.52. The van der Waals surface area contributed by atoms with Gasteiger partial charge in [0.25, 0.3) is 0 Å². The molecule has 0 bridgehead atoms. The van der Waals surface area contributed by atoms with Crippen LogP contribution in [0.2, 0.25) is 5.02 Å². The molecule has 0 amide bonds. The first-order chi connectivity index (χ1) is 7.38. The lowest BCUT2D eigenvalue weighted by Crippen LogP contribution is -2.12. The van der Waals surface area contributed by atoms with Gasteiger partial charge in [0.15, 0.2) is 0 Å². The van der Waals surface area contributed by atoms with Crippen LogP contribution < -0.4 is 11.1 Å². The van der Waals surface area contributed by atoms with Crippen molar-refractivity contribution in [3.63, 3.8) is 0 Å². The monoisotopic (exact) mass is 254 g/mol. The normalized spacial score (nSPS) is 11.5. The Morgan fingerprint density at radius 3 is 2.75 bits per heavy atom. The Bertz CT molecular complexity index is 356. The minimum absolute atomic E-state index is 0.0164. The summed E-state index contributed by atoms with van der Waals surface area (Å²) >= 11 is 5.70. The second-order valence-corrected chi connectivity index (χ2v) is 3.48. The van der Waals surface area contributed by atoms with Crippen molar-refractivity contribution in [3.05, 3.63) is 11.2 Å². The van der Waals surface area contributed by atoms with Crippen LogP contribution in [-0.4, -0.2) is 22.7 Å². The van der Waals surface area contributed by atoms with Crippen molar-refractivity contribution in [1.82, 2.24) is 9.97 Å². The molecule has 0 aliphatic carbocycles. The van der Waals surface area contributed by atoms with Gasteiger partial charge in [0.2, 0.25) is 5.95 Å². The maximum atomic E-state index is 11.8. The SMILES string of the molecule is Nc1ncc(Cl)c(NCCCC(F)(F)F)n1. The Hall–Kier alpha value is -1.24. The molecule has 16 heavy (non-hydrogen) atoms. The lowest BCUT2D eigenvalue weighted by atomic mass is 10.3. The van der Waals surface area contributed by atoms with Gasteiger partial charge in [-0.3, -0.25) is 0 Å². The molecule has 0 atom stereocenters. The van der Waals surface area contributed by atoms with Crippen molar-refractivity contribution in [2.75, 3.05) is 17.6 Å². The van der Waals surface area contributed by atoms with Crippen LogP contribution in [0.5, 0.6) is 0 Å². The number of aromatic nitrogens is 2. The zero-order chi connectivity index (χ0) is 12.2. The number of hydrogen-bond donors (Lipinski definition) is 2. The molecule has 0 aromatic carbocycles. The third-order valence-electron chi connectivity index (χ3n) is 1.69. The van der Waals surface area contributed by atoms with Gasteiger partial charge in [0, 0.05) is 13.0 Å². The van der Waals surface area contributed by atoms with Crippen LogP contribution in [0.25, 0.3) is 0 Å². The van der Waals surface area contributed by atoms with E-state index in [-0.39, 0.29) is 29.8 Å². The largest absolute Gasteiger partial charge is 0.389 e. The van der Waals surface area contributed by atoms with Crippen LogP contribution in [0.1, 0.15) is 12.8 Å². The Morgan fingerprint density at radius 2 is 2.12 bits per heavy atom. The number of nitrogens with zero attached hydrogens (tertiary/aromatic N) is 2. The molecule has 1 aromatic heterocycles. The molecule has 0 saturated heterocycles.